The van der Waals surface area contributed by atoms with Crippen molar-refractivity contribution in [2.45, 2.75) is 12.8 Å². The van der Waals surface area contributed by atoms with E-state index in [4.69, 9.17) is 0 Å². The molecule has 0 aliphatic carbocycles. The first-order chi connectivity index (χ1) is 12.2. The number of hydrogen-bond acceptors (Lipinski definition) is 3. The Morgan fingerprint density at radius 1 is 0.880 bits per heavy atom. The van der Waals surface area contributed by atoms with Crippen molar-refractivity contribution in [2.75, 3.05) is 0 Å². The summed E-state index contributed by atoms with van der Waals surface area (Å²) in [5.41, 5.74) is 3.33. The molecule has 0 radical (unpaired) electrons. The average molecular weight is 329 g/mol. The van der Waals surface area contributed by atoms with Gasteiger partial charge in [0.05, 0.1) is 11.6 Å². The summed E-state index contributed by atoms with van der Waals surface area (Å²) >= 11 is 0. The van der Waals surface area contributed by atoms with E-state index in [0.29, 0.717) is 0 Å². The van der Waals surface area contributed by atoms with Crippen LogP contribution < -0.4 is 0 Å². The van der Waals surface area contributed by atoms with Gasteiger partial charge in [-0.25, -0.2) is 0 Å². The van der Waals surface area contributed by atoms with Crippen LogP contribution in [-0.2, 0) is 7.05 Å². The molecular formula is C20H19N5. The van der Waals surface area contributed by atoms with Crippen LogP contribution in [0.5, 0.6) is 0 Å². The van der Waals surface area contributed by atoms with E-state index < -0.39 is 0 Å². The van der Waals surface area contributed by atoms with E-state index in [1.165, 1.54) is 11.1 Å². The van der Waals surface area contributed by atoms with Crippen LogP contribution in [-0.4, -0.2) is 24.5 Å². The van der Waals surface area contributed by atoms with E-state index in [2.05, 4.69) is 63.8 Å². The number of aryl methyl sites for hydroxylation is 2. The first-order valence-corrected chi connectivity index (χ1v) is 8.25. The van der Waals surface area contributed by atoms with Crippen LogP contribution in [0.1, 0.15) is 28.6 Å². The molecule has 124 valence electrons. The topological polar surface area (TPSA) is 48.5 Å². The number of rotatable bonds is 4. The summed E-state index contributed by atoms with van der Waals surface area (Å²) in [6.45, 7) is 1.99. The lowest BCUT2D eigenvalue weighted by Crippen LogP contribution is -2.12. The third kappa shape index (κ3) is 2.85. The molecule has 2 heterocycles. The molecule has 4 aromatic rings. The molecule has 25 heavy (non-hydrogen) atoms. The van der Waals surface area contributed by atoms with Crippen LogP contribution in [0.25, 0.3) is 5.82 Å². The van der Waals surface area contributed by atoms with E-state index >= 15 is 0 Å². The highest BCUT2D eigenvalue weighted by Crippen LogP contribution is 2.31. The molecule has 0 saturated carbocycles. The van der Waals surface area contributed by atoms with Crippen LogP contribution in [0.3, 0.4) is 0 Å². The van der Waals surface area contributed by atoms with Crippen molar-refractivity contribution in [3.8, 4) is 5.82 Å². The molecule has 0 saturated heterocycles. The van der Waals surface area contributed by atoms with Gasteiger partial charge in [-0.15, -0.1) is 10.2 Å². The molecular weight excluding hydrogens is 310 g/mol. The summed E-state index contributed by atoms with van der Waals surface area (Å²) in [6, 6.07) is 22.8. The maximum atomic E-state index is 4.47. The Balaban J connectivity index is 1.90. The number of benzene rings is 2. The second kappa shape index (κ2) is 6.36. The first kappa shape index (κ1) is 15.3. The largest absolute Gasteiger partial charge is 0.269 e. The van der Waals surface area contributed by atoms with Crippen LogP contribution in [0.15, 0.2) is 73.1 Å². The van der Waals surface area contributed by atoms with Crippen molar-refractivity contribution >= 4 is 0 Å². The minimum absolute atomic E-state index is 0.0000983. The number of aromatic nitrogens is 5. The van der Waals surface area contributed by atoms with Crippen LogP contribution >= 0.6 is 0 Å². The maximum absolute atomic E-state index is 4.47. The summed E-state index contributed by atoms with van der Waals surface area (Å²) in [4.78, 5) is 0. The van der Waals surface area contributed by atoms with Crippen molar-refractivity contribution in [3.63, 3.8) is 0 Å². The fourth-order valence-corrected chi connectivity index (χ4v) is 3.22. The van der Waals surface area contributed by atoms with Crippen molar-refractivity contribution in [3.05, 3.63) is 95.7 Å². The Bertz CT molecular complexity index is 930. The molecule has 4 rings (SSSR count). The monoisotopic (exact) mass is 329 g/mol. The van der Waals surface area contributed by atoms with Crippen molar-refractivity contribution in [2.24, 2.45) is 7.05 Å². The van der Waals surface area contributed by atoms with E-state index in [1.54, 1.807) is 6.33 Å². The Morgan fingerprint density at radius 3 is 2.00 bits per heavy atom. The Kier molecular flexibility index (Phi) is 3.90. The van der Waals surface area contributed by atoms with E-state index in [-0.39, 0.29) is 5.92 Å². The average Bonchev–Trinajstić information content (AvgIpc) is 3.23. The normalized spacial score (nSPS) is 11.2. The molecule has 0 aliphatic heterocycles. The van der Waals surface area contributed by atoms with Crippen LogP contribution in [0.4, 0.5) is 0 Å². The SMILES string of the molecule is Cc1cc(-n2cnnc2C(c2ccccc2)c2ccccc2)n(C)n1. The van der Waals surface area contributed by atoms with Gasteiger partial charge in [0.2, 0.25) is 0 Å². The summed E-state index contributed by atoms with van der Waals surface area (Å²) < 4.78 is 3.87. The van der Waals surface area contributed by atoms with E-state index in [1.807, 2.05) is 41.4 Å². The highest BCUT2D eigenvalue weighted by Gasteiger charge is 2.23. The zero-order chi connectivity index (χ0) is 17.2. The zero-order valence-electron chi connectivity index (χ0n) is 14.2. The minimum Gasteiger partial charge on any atom is -0.269 e. The maximum Gasteiger partial charge on any atom is 0.150 e. The van der Waals surface area contributed by atoms with Gasteiger partial charge in [-0.3, -0.25) is 9.25 Å². The lowest BCUT2D eigenvalue weighted by Gasteiger charge is -2.18. The fourth-order valence-electron chi connectivity index (χ4n) is 3.22. The molecule has 0 unspecified atom stereocenters. The van der Waals surface area contributed by atoms with Gasteiger partial charge in [-0.2, -0.15) is 5.10 Å². The van der Waals surface area contributed by atoms with E-state index in [9.17, 15) is 0 Å². The van der Waals surface area contributed by atoms with Crippen LogP contribution in [0.2, 0.25) is 0 Å². The molecule has 0 fully saturated rings. The zero-order valence-corrected chi connectivity index (χ0v) is 14.2. The third-order valence-corrected chi connectivity index (χ3v) is 4.32. The molecule has 5 nitrogen and oxygen atoms in total. The van der Waals surface area contributed by atoms with Crippen LogP contribution in [0, 0.1) is 6.92 Å². The molecule has 0 N–H and O–H groups in total. The molecule has 0 bridgehead atoms. The number of nitrogens with zero attached hydrogens (tertiary/aromatic N) is 5. The predicted molar refractivity (Wildman–Crippen MR) is 96.7 cm³/mol. The lowest BCUT2D eigenvalue weighted by molar-refractivity contribution is 0.701. The van der Waals surface area contributed by atoms with Gasteiger partial charge in [-0.1, -0.05) is 60.7 Å². The van der Waals surface area contributed by atoms with Crippen molar-refractivity contribution in [1.82, 2.24) is 24.5 Å². The van der Waals surface area contributed by atoms with Gasteiger partial charge < -0.3 is 0 Å². The molecule has 0 atom stereocenters. The fraction of sp³-hybridized carbons (Fsp3) is 0.150. The van der Waals surface area contributed by atoms with Gasteiger partial charge in [0.1, 0.15) is 12.1 Å². The lowest BCUT2D eigenvalue weighted by atomic mass is 9.90. The summed E-state index contributed by atoms with van der Waals surface area (Å²) in [5.74, 6) is 1.83. The standard InChI is InChI=1S/C20H19N5/c1-15-13-18(24(2)23-15)25-14-21-22-20(25)19(16-9-5-3-6-10-16)17-11-7-4-8-12-17/h3-14,19H,1-2H3. The molecule has 5 heteroatoms. The third-order valence-electron chi connectivity index (χ3n) is 4.32. The Morgan fingerprint density at radius 2 is 1.48 bits per heavy atom. The highest BCUT2D eigenvalue weighted by molar-refractivity contribution is 5.40. The molecule has 0 aliphatic rings. The van der Waals surface area contributed by atoms with Gasteiger partial charge >= 0.3 is 0 Å². The van der Waals surface area contributed by atoms with Gasteiger partial charge in [-0.05, 0) is 18.1 Å². The van der Waals surface area contributed by atoms with E-state index in [0.717, 1.165) is 17.3 Å². The summed E-state index contributed by atoms with van der Waals surface area (Å²) in [5, 5.41) is 13.1. The Labute approximate surface area is 146 Å². The molecule has 0 spiro atoms. The van der Waals surface area contributed by atoms with Crippen molar-refractivity contribution < 1.29 is 0 Å². The predicted octanol–water partition coefficient (Wildman–Crippen LogP) is 3.49. The van der Waals surface area contributed by atoms with Gasteiger partial charge in [0, 0.05) is 13.1 Å². The second-order valence-corrected chi connectivity index (χ2v) is 6.08. The molecule has 2 aromatic heterocycles. The number of hydrogen-bond donors (Lipinski definition) is 0. The quantitative estimate of drug-likeness (QED) is 0.576. The Hall–Kier alpha value is -3.21. The summed E-state index contributed by atoms with van der Waals surface area (Å²) in [6.07, 6.45) is 1.75. The summed E-state index contributed by atoms with van der Waals surface area (Å²) in [7, 11) is 1.94. The second-order valence-electron chi connectivity index (χ2n) is 6.08. The minimum atomic E-state index is 0.0000983. The van der Waals surface area contributed by atoms with Gasteiger partial charge in [0.25, 0.3) is 0 Å². The first-order valence-electron chi connectivity index (χ1n) is 8.25. The highest BCUT2D eigenvalue weighted by atomic mass is 15.4. The molecule has 2 aromatic carbocycles. The smallest absolute Gasteiger partial charge is 0.150 e. The molecule has 0 amide bonds. The van der Waals surface area contributed by atoms with Crippen molar-refractivity contribution in [1.29, 1.82) is 0 Å². The van der Waals surface area contributed by atoms with Gasteiger partial charge in [0.15, 0.2) is 5.82 Å².